The zero-order valence-corrected chi connectivity index (χ0v) is 10.2. The first-order chi connectivity index (χ1) is 8.10. The maximum Gasteiger partial charge on any atom is 0.223 e. The molecule has 3 nitrogen and oxygen atoms in total. The Bertz CT molecular complexity index is 557. The molecule has 0 spiro atoms. The summed E-state index contributed by atoms with van der Waals surface area (Å²) in [6.07, 6.45) is 0. The highest BCUT2D eigenvalue weighted by Gasteiger charge is 2.06. The third-order valence-electron chi connectivity index (χ3n) is 2.29. The molecule has 1 aromatic carbocycles. The van der Waals surface area contributed by atoms with Crippen LogP contribution in [0.3, 0.4) is 0 Å². The molecule has 0 bridgehead atoms. The summed E-state index contributed by atoms with van der Waals surface area (Å²) in [6, 6.07) is 6.35. The average molecular weight is 252 g/mol. The largest absolute Gasteiger partial charge is 0.357 e. The standard InChI is InChI=1S/C12H11ClFN3/c1-7-5-11(17-12(15-2)16-7)8-3-4-10(14)9(13)6-8/h3-6H,1-2H3,(H,15,16,17). The molecule has 17 heavy (non-hydrogen) atoms. The van der Waals surface area contributed by atoms with Gasteiger partial charge in [0.25, 0.3) is 0 Å². The Morgan fingerprint density at radius 3 is 2.65 bits per heavy atom. The van der Waals surface area contributed by atoms with Gasteiger partial charge in [0.2, 0.25) is 5.95 Å². The van der Waals surface area contributed by atoms with Crippen molar-refractivity contribution in [2.45, 2.75) is 6.92 Å². The van der Waals surface area contributed by atoms with Crippen LogP contribution in [0.4, 0.5) is 10.3 Å². The van der Waals surface area contributed by atoms with Crippen molar-refractivity contribution in [1.29, 1.82) is 0 Å². The van der Waals surface area contributed by atoms with Crippen molar-refractivity contribution >= 4 is 17.5 Å². The van der Waals surface area contributed by atoms with Crippen molar-refractivity contribution in [2.75, 3.05) is 12.4 Å². The summed E-state index contributed by atoms with van der Waals surface area (Å²) < 4.78 is 13.1. The number of hydrogen-bond donors (Lipinski definition) is 1. The molecule has 1 heterocycles. The molecule has 0 aliphatic heterocycles. The second-order valence-electron chi connectivity index (χ2n) is 3.60. The predicted octanol–water partition coefficient (Wildman–Crippen LogP) is 3.29. The molecular weight excluding hydrogens is 241 g/mol. The fourth-order valence-electron chi connectivity index (χ4n) is 1.48. The van der Waals surface area contributed by atoms with Crippen molar-refractivity contribution < 1.29 is 4.39 Å². The fourth-order valence-corrected chi connectivity index (χ4v) is 1.66. The molecule has 5 heteroatoms. The second kappa shape index (κ2) is 4.67. The molecule has 1 aromatic heterocycles. The predicted molar refractivity (Wildman–Crippen MR) is 66.7 cm³/mol. The van der Waals surface area contributed by atoms with E-state index in [1.165, 1.54) is 6.07 Å². The Morgan fingerprint density at radius 2 is 2.00 bits per heavy atom. The quantitative estimate of drug-likeness (QED) is 0.890. The van der Waals surface area contributed by atoms with Gasteiger partial charge in [-0.25, -0.2) is 14.4 Å². The van der Waals surface area contributed by atoms with Crippen LogP contribution in [0.1, 0.15) is 5.69 Å². The van der Waals surface area contributed by atoms with Crippen molar-refractivity contribution in [3.05, 3.63) is 40.8 Å². The van der Waals surface area contributed by atoms with Crippen LogP contribution in [0.25, 0.3) is 11.3 Å². The smallest absolute Gasteiger partial charge is 0.223 e. The molecule has 1 N–H and O–H groups in total. The molecule has 0 amide bonds. The molecule has 88 valence electrons. The van der Waals surface area contributed by atoms with E-state index in [0.717, 1.165) is 11.3 Å². The van der Waals surface area contributed by atoms with Crippen LogP contribution >= 0.6 is 11.6 Å². The van der Waals surface area contributed by atoms with Crippen LogP contribution in [0.5, 0.6) is 0 Å². The van der Waals surface area contributed by atoms with Gasteiger partial charge in [0, 0.05) is 18.3 Å². The summed E-state index contributed by atoms with van der Waals surface area (Å²) >= 11 is 5.74. The Kier molecular flexibility index (Phi) is 3.24. The molecule has 0 saturated heterocycles. The summed E-state index contributed by atoms with van der Waals surface area (Å²) in [4.78, 5) is 8.48. The summed E-state index contributed by atoms with van der Waals surface area (Å²) in [5, 5.41) is 2.96. The number of aryl methyl sites for hydroxylation is 1. The summed E-state index contributed by atoms with van der Waals surface area (Å²) in [5.41, 5.74) is 2.31. The van der Waals surface area contributed by atoms with Crippen molar-refractivity contribution in [3.63, 3.8) is 0 Å². The summed E-state index contributed by atoms with van der Waals surface area (Å²) in [5.74, 6) is 0.0930. The number of nitrogens with zero attached hydrogens (tertiary/aromatic N) is 2. The molecule has 2 rings (SSSR count). The number of rotatable bonds is 2. The molecule has 0 saturated carbocycles. The fraction of sp³-hybridized carbons (Fsp3) is 0.167. The van der Waals surface area contributed by atoms with E-state index in [1.54, 1.807) is 19.2 Å². The first-order valence-corrected chi connectivity index (χ1v) is 5.47. The molecule has 0 radical (unpaired) electrons. The first kappa shape index (κ1) is 11.8. The van der Waals surface area contributed by atoms with E-state index in [4.69, 9.17) is 11.6 Å². The number of halogens is 2. The van der Waals surface area contributed by atoms with E-state index in [2.05, 4.69) is 15.3 Å². The summed E-state index contributed by atoms with van der Waals surface area (Å²) in [7, 11) is 1.75. The van der Waals surface area contributed by atoms with E-state index in [-0.39, 0.29) is 5.02 Å². The second-order valence-corrected chi connectivity index (χ2v) is 4.00. The molecule has 0 atom stereocenters. The number of hydrogen-bond acceptors (Lipinski definition) is 3. The lowest BCUT2D eigenvalue weighted by molar-refractivity contribution is 0.628. The minimum absolute atomic E-state index is 0.0878. The van der Waals surface area contributed by atoms with Crippen LogP contribution < -0.4 is 5.32 Å². The normalized spacial score (nSPS) is 10.4. The Hall–Kier alpha value is -1.68. The van der Waals surface area contributed by atoms with E-state index < -0.39 is 5.82 Å². The van der Waals surface area contributed by atoms with Crippen LogP contribution in [-0.2, 0) is 0 Å². The lowest BCUT2D eigenvalue weighted by Gasteiger charge is -2.06. The van der Waals surface area contributed by atoms with Gasteiger partial charge < -0.3 is 5.32 Å². The molecular formula is C12H11ClFN3. The Morgan fingerprint density at radius 1 is 1.24 bits per heavy atom. The zero-order valence-electron chi connectivity index (χ0n) is 9.46. The molecule has 0 aliphatic carbocycles. The number of benzene rings is 1. The number of anilines is 1. The maximum absolute atomic E-state index is 13.1. The third-order valence-corrected chi connectivity index (χ3v) is 2.58. The monoisotopic (exact) mass is 251 g/mol. The van der Waals surface area contributed by atoms with Gasteiger partial charge in [-0.2, -0.15) is 0 Å². The van der Waals surface area contributed by atoms with Gasteiger partial charge >= 0.3 is 0 Å². The SMILES string of the molecule is CNc1nc(C)cc(-c2ccc(F)c(Cl)c2)n1. The minimum atomic E-state index is -0.435. The number of nitrogens with one attached hydrogen (secondary N) is 1. The van der Waals surface area contributed by atoms with E-state index in [1.807, 2.05) is 13.0 Å². The van der Waals surface area contributed by atoms with Crippen molar-refractivity contribution in [2.24, 2.45) is 0 Å². The van der Waals surface area contributed by atoms with Crippen molar-refractivity contribution in [3.8, 4) is 11.3 Å². The van der Waals surface area contributed by atoms with Crippen LogP contribution in [0, 0.1) is 12.7 Å². The topological polar surface area (TPSA) is 37.8 Å². The third kappa shape index (κ3) is 2.53. The Balaban J connectivity index is 2.52. The first-order valence-electron chi connectivity index (χ1n) is 5.09. The Labute approximate surface area is 104 Å². The van der Waals surface area contributed by atoms with E-state index in [9.17, 15) is 4.39 Å². The van der Waals surface area contributed by atoms with Gasteiger partial charge in [0.05, 0.1) is 10.7 Å². The highest BCUT2D eigenvalue weighted by Crippen LogP contribution is 2.24. The van der Waals surface area contributed by atoms with Gasteiger partial charge in [-0.1, -0.05) is 11.6 Å². The maximum atomic E-state index is 13.1. The van der Waals surface area contributed by atoms with E-state index >= 15 is 0 Å². The molecule has 0 fully saturated rings. The lowest BCUT2D eigenvalue weighted by Crippen LogP contribution is -1.99. The average Bonchev–Trinajstić information content (AvgIpc) is 2.32. The van der Waals surface area contributed by atoms with E-state index in [0.29, 0.717) is 11.6 Å². The lowest BCUT2D eigenvalue weighted by atomic mass is 10.1. The van der Waals surface area contributed by atoms with Crippen molar-refractivity contribution in [1.82, 2.24) is 9.97 Å². The van der Waals surface area contributed by atoms with Crippen LogP contribution in [0.15, 0.2) is 24.3 Å². The molecule has 0 aliphatic rings. The minimum Gasteiger partial charge on any atom is -0.357 e. The highest BCUT2D eigenvalue weighted by molar-refractivity contribution is 6.31. The van der Waals surface area contributed by atoms with Crippen LogP contribution in [-0.4, -0.2) is 17.0 Å². The van der Waals surface area contributed by atoms with Gasteiger partial charge in [0.15, 0.2) is 0 Å². The number of aromatic nitrogens is 2. The van der Waals surface area contributed by atoms with Gasteiger partial charge in [-0.05, 0) is 31.2 Å². The van der Waals surface area contributed by atoms with Gasteiger partial charge in [-0.15, -0.1) is 0 Å². The summed E-state index contributed by atoms with van der Waals surface area (Å²) in [6.45, 7) is 1.87. The molecule has 0 unspecified atom stereocenters. The highest BCUT2D eigenvalue weighted by atomic mass is 35.5. The molecule has 2 aromatic rings. The van der Waals surface area contributed by atoms with Crippen LogP contribution in [0.2, 0.25) is 5.02 Å². The zero-order chi connectivity index (χ0) is 12.4. The van der Waals surface area contributed by atoms with Gasteiger partial charge in [-0.3, -0.25) is 0 Å². The van der Waals surface area contributed by atoms with Gasteiger partial charge in [0.1, 0.15) is 5.82 Å².